The molecule has 1 fully saturated rings. The molecule has 0 spiro atoms. The van der Waals surface area contributed by atoms with Crippen LogP contribution in [0.25, 0.3) is 0 Å². The van der Waals surface area contributed by atoms with Crippen LogP contribution in [0.5, 0.6) is 0 Å². The molecule has 3 rings (SSSR count). The Hall–Kier alpha value is -3.46. The first-order valence-electron chi connectivity index (χ1n) is 11.0. The highest BCUT2D eigenvalue weighted by atomic mass is 16.6. The summed E-state index contributed by atoms with van der Waals surface area (Å²) in [5, 5.41) is 20.7. The number of nitrogens with zero attached hydrogens (tertiary/aromatic N) is 1. The van der Waals surface area contributed by atoms with E-state index in [4.69, 9.17) is 4.74 Å². The van der Waals surface area contributed by atoms with E-state index in [-0.39, 0.29) is 17.2 Å². The van der Waals surface area contributed by atoms with E-state index >= 15 is 0 Å². The van der Waals surface area contributed by atoms with Crippen LogP contribution < -0.4 is 16.0 Å². The molecular formula is C24H30N4O5. The van der Waals surface area contributed by atoms with Crippen molar-refractivity contribution in [2.24, 2.45) is 5.92 Å². The summed E-state index contributed by atoms with van der Waals surface area (Å²) in [7, 11) is 0. The Labute approximate surface area is 193 Å². The smallest absolute Gasteiger partial charge is 0.408 e. The van der Waals surface area contributed by atoms with E-state index in [0.717, 1.165) is 25.9 Å². The number of nitro groups is 1. The number of benzene rings is 2. The molecule has 0 bridgehead atoms. The lowest BCUT2D eigenvalue weighted by atomic mass is 9.84. The van der Waals surface area contributed by atoms with Crippen LogP contribution in [0.2, 0.25) is 0 Å². The molecule has 176 valence electrons. The Morgan fingerprint density at radius 1 is 1.12 bits per heavy atom. The number of rotatable bonds is 6. The van der Waals surface area contributed by atoms with Gasteiger partial charge < -0.3 is 20.7 Å². The molecule has 9 heteroatoms. The fourth-order valence-corrected chi connectivity index (χ4v) is 3.90. The minimum absolute atomic E-state index is 0.0510. The number of para-hydroxylation sites is 1. The topological polar surface area (TPSA) is 123 Å². The van der Waals surface area contributed by atoms with Gasteiger partial charge in [-0.25, -0.2) is 4.79 Å². The van der Waals surface area contributed by atoms with E-state index in [1.54, 1.807) is 45.0 Å². The molecule has 33 heavy (non-hydrogen) atoms. The first-order chi connectivity index (χ1) is 15.6. The molecule has 1 unspecified atom stereocenters. The molecular weight excluding hydrogens is 424 g/mol. The molecule has 0 radical (unpaired) electrons. The van der Waals surface area contributed by atoms with Gasteiger partial charge in [-0.1, -0.05) is 18.2 Å². The van der Waals surface area contributed by atoms with Crippen molar-refractivity contribution >= 4 is 23.4 Å². The number of ether oxygens (including phenoxy) is 1. The zero-order chi connectivity index (χ0) is 24.0. The molecule has 0 aliphatic carbocycles. The normalized spacial score (nSPS) is 15.4. The van der Waals surface area contributed by atoms with E-state index in [1.807, 2.05) is 6.07 Å². The van der Waals surface area contributed by atoms with Gasteiger partial charge in [0.15, 0.2) is 0 Å². The summed E-state index contributed by atoms with van der Waals surface area (Å²) < 4.78 is 5.42. The highest BCUT2D eigenvalue weighted by molar-refractivity contribution is 6.04. The van der Waals surface area contributed by atoms with E-state index in [2.05, 4.69) is 16.0 Å². The van der Waals surface area contributed by atoms with Gasteiger partial charge in [-0.3, -0.25) is 14.9 Å². The lowest BCUT2D eigenvalue weighted by Gasteiger charge is -2.32. The van der Waals surface area contributed by atoms with Crippen molar-refractivity contribution in [1.82, 2.24) is 10.6 Å². The maximum atomic E-state index is 12.9. The second-order valence-corrected chi connectivity index (χ2v) is 9.06. The minimum Gasteiger partial charge on any atom is -0.444 e. The molecule has 2 amide bonds. The highest BCUT2D eigenvalue weighted by Crippen LogP contribution is 2.35. The quantitative estimate of drug-likeness (QED) is 0.439. The van der Waals surface area contributed by atoms with Gasteiger partial charge in [0.25, 0.3) is 11.6 Å². The SMILES string of the molecule is CC(C)(C)OC(=O)NC(c1cc(C(=O)Nc2ccccc2)ccc1[N+](=O)[O-])C1CCNCC1. The summed E-state index contributed by atoms with van der Waals surface area (Å²) >= 11 is 0. The molecule has 1 aliphatic rings. The number of carbonyl (C=O) groups excluding carboxylic acids is 2. The third kappa shape index (κ3) is 6.76. The van der Waals surface area contributed by atoms with Crippen LogP contribution in [-0.4, -0.2) is 35.6 Å². The number of piperidine rings is 1. The predicted molar refractivity (Wildman–Crippen MR) is 125 cm³/mol. The van der Waals surface area contributed by atoms with E-state index in [9.17, 15) is 19.7 Å². The number of hydrogen-bond acceptors (Lipinski definition) is 6. The van der Waals surface area contributed by atoms with Crippen LogP contribution in [0.1, 0.15) is 55.6 Å². The fourth-order valence-electron chi connectivity index (χ4n) is 3.90. The molecule has 1 aliphatic heterocycles. The van der Waals surface area contributed by atoms with Crippen molar-refractivity contribution in [3.8, 4) is 0 Å². The summed E-state index contributed by atoms with van der Waals surface area (Å²) in [5.74, 6) is -0.441. The number of nitro benzene ring substituents is 1. The number of anilines is 1. The third-order valence-corrected chi connectivity index (χ3v) is 5.38. The van der Waals surface area contributed by atoms with Crippen molar-refractivity contribution in [1.29, 1.82) is 0 Å². The second-order valence-electron chi connectivity index (χ2n) is 9.06. The lowest BCUT2D eigenvalue weighted by Crippen LogP contribution is -2.41. The number of carbonyl (C=O) groups is 2. The van der Waals surface area contributed by atoms with Crippen molar-refractivity contribution < 1.29 is 19.2 Å². The van der Waals surface area contributed by atoms with Gasteiger partial charge in [-0.15, -0.1) is 0 Å². The number of alkyl carbamates (subject to hydrolysis) is 1. The average molecular weight is 455 g/mol. The molecule has 1 saturated heterocycles. The standard InChI is InChI=1S/C24H30N4O5/c1-24(2,3)33-23(30)27-21(16-11-13-25-14-12-16)19-15-17(9-10-20(19)28(31)32)22(29)26-18-7-5-4-6-8-18/h4-10,15-16,21,25H,11-14H2,1-3H3,(H,26,29)(H,27,30). The van der Waals surface area contributed by atoms with E-state index in [1.165, 1.54) is 18.2 Å². The van der Waals surface area contributed by atoms with Crippen molar-refractivity contribution in [2.75, 3.05) is 18.4 Å². The maximum Gasteiger partial charge on any atom is 0.408 e. The van der Waals surface area contributed by atoms with Gasteiger partial charge in [-0.2, -0.15) is 0 Å². The monoisotopic (exact) mass is 454 g/mol. The van der Waals surface area contributed by atoms with Gasteiger partial charge in [-0.05, 0) is 76.9 Å². The maximum absolute atomic E-state index is 12.9. The first kappa shape index (κ1) is 24.2. The summed E-state index contributed by atoms with van der Waals surface area (Å²) in [6.07, 6.45) is 0.787. The molecule has 2 aromatic carbocycles. The molecule has 0 saturated carbocycles. The predicted octanol–water partition coefficient (Wildman–Crippen LogP) is 4.41. The number of nitrogens with one attached hydrogen (secondary N) is 3. The van der Waals surface area contributed by atoms with Crippen LogP contribution in [0.15, 0.2) is 48.5 Å². The van der Waals surface area contributed by atoms with Gasteiger partial charge in [0.1, 0.15) is 5.60 Å². The molecule has 2 aromatic rings. The summed E-state index contributed by atoms with van der Waals surface area (Å²) in [4.78, 5) is 36.8. The zero-order valence-corrected chi connectivity index (χ0v) is 19.1. The average Bonchev–Trinajstić information content (AvgIpc) is 2.77. The Bertz CT molecular complexity index is 998. The fraction of sp³-hybridized carbons (Fsp3) is 0.417. The summed E-state index contributed by atoms with van der Waals surface area (Å²) in [6, 6.07) is 12.5. The Morgan fingerprint density at radius 2 is 1.79 bits per heavy atom. The van der Waals surface area contributed by atoms with Gasteiger partial charge in [0.05, 0.1) is 16.5 Å². The third-order valence-electron chi connectivity index (χ3n) is 5.38. The largest absolute Gasteiger partial charge is 0.444 e. The highest BCUT2D eigenvalue weighted by Gasteiger charge is 2.33. The summed E-state index contributed by atoms with van der Waals surface area (Å²) in [5.41, 5.74) is 0.310. The number of hydrogen-bond donors (Lipinski definition) is 3. The number of amides is 2. The van der Waals surface area contributed by atoms with E-state index in [0.29, 0.717) is 11.3 Å². The Balaban J connectivity index is 1.97. The summed E-state index contributed by atoms with van der Waals surface area (Å²) in [6.45, 7) is 6.73. The van der Waals surface area contributed by atoms with Gasteiger partial charge in [0, 0.05) is 17.3 Å². The molecule has 1 heterocycles. The molecule has 9 nitrogen and oxygen atoms in total. The van der Waals surface area contributed by atoms with Crippen LogP contribution in [0.4, 0.5) is 16.2 Å². The van der Waals surface area contributed by atoms with Crippen LogP contribution in [0, 0.1) is 16.0 Å². The van der Waals surface area contributed by atoms with Crippen LogP contribution in [0.3, 0.4) is 0 Å². The minimum atomic E-state index is -0.716. The first-order valence-corrected chi connectivity index (χ1v) is 11.0. The van der Waals surface area contributed by atoms with E-state index < -0.39 is 28.6 Å². The van der Waals surface area contributed by atoms with Crippen LogP contribution >= 0.6 is 0 Å². The van der Waals surface area contributed by atoms with Crippen molar-refractivity contribution in [3.05, 3.63) is 69.8 Å². The molecule has 0 aromatic heterocycles. The van der Waals surface area contributed by atoms with Gasteiger partial charge >= 0.3 is 6.09 Å². The lowest BCUT2D eigenvalue weighted by molar-refractivity contribution is -0.385. The van der Waals surface area contributed by atoms with Crippen molar-refractivity contribution in [2.45, 2.75) is 45.3 Å². The Kier molecular flexibility index (Phi) is 7.65. The second kappa shape index (κ2) is 10.4. The van der Waals surface area contributed by atoms with Crippen LogP contribution in [-0.2, 0) is 4.74 Å². The Morgan fingerprint density at radius 3 is 2.39 bits per heavy atom. The zero-order valence-electron chi connectivity index (χ0n) is 19.1. The van der Waals surface area contributed by atoms with Crippen molar-refractivity contribution in [3.63, 3.8) is 0 Å². The molecule has 1 atom stereocenters. The molecule has 3 N–H and O–H groups in total. The van der Waals surface area contributed by atoms with Gasteiger partial charge in [0.2, 0.25) is 0 Å².